The van der Waals surface area contributed by atoms with Crippen molar-refractivity contribution in [3.05, 3.63) is 59.8 Å². The molecule has 28 heavy (non-hydrogen) atoms. The number of nitrogens with zero attached hydrogens (tertiary/aromatic N) is 3. The number of ether oxygens (including phenoxy) is 1. The smallest absolute Gasteiger partial charge is 0.416 e. The zero-order chi connectivity index (χ0) is 20.3. The summed E-state index contributed by atoms with van der Waals surface area (Å²) in [5.41, 5.74) is 5.27. The third kappa shape index (κ3) is 3.90. The molecule has 1 heterocycles. The van der Waals surface area contributed by atoms with Crippen molar-refractivity contribution in [2.75, 3.05) is 17.7 Å². The van der Waals surface area contributed by atoms with Crippen LogP contribution in [0.25, 0.3) is 5.69 Å². The molecule has 2 aromatic carbocycles. The number of nitrogens with two attached hydrogens (primary N) is 1. The number of carbonyl (C=O) groups is 1. The number of hydrogen-bond donors (Lipinski definition) is 2. The molecule has 3 aromatic rings. The van der Waals surface area contributed by atoms with Gasteiger partial charge in [0.05, 0.1) is 23.5 Å². The summed E-state index contributed by atoms with van der Waals surface area (Å²) in [6.45, 7) is 2.21. The van der Waals surface area contributed by atoms with E-state index in [0.717, 1.165) is 16.8 Å². The van der Waals surface area contributed by atoms with Crippen molar-refractivity contribution in [1.82, 2.24) is 15.0 Å². The Balaban J connectivity index is 1.89. The van der Waals surface area contributed by atoms with Crippen LogP contribution in [0.5, 0.6) is 5.75 Å². The van der Waals surface area contributed by atoms with Gasteiger partial charge in [-0.25, -0.2) is 0 Å². The van der Waals surface area contributed by atoms with E-state index in [1.54, 1.807) is 31.2 Å². The second-order valence-corrected chi connectivity index (χ2v) is 5.67. The number of nitrogen functional groups attached to an aromatic ring is 1. The van der Waals surface area contributed by atoms with Crippen molar-refractivity contribution in [1.29, 1.82) is 0 Å². The molecular weight excluding hydrogens is 375 g/mol. The van der Waals surface area contributed by atoms with Crippen LogP contribution in [0.2, 0.25) is 0 Å². The number of anilines is 2. The SMILES string of the molecule is CCOc1ccccc1NC(=O)c1nnn(-c2cccc(C(F)(F)F)c2)c1N. The van der Waals surface area contributed by atoms with Crippen molar-refractivity contribution < 1.29 is 22.7 Å². The van der Waals surface area contributed by atoms with Gasteiger partial charge < -0.3 is 15.8 Å². The molecule has 3 N–H and O–H groups in total. The highest BCUT2D eigenvalue weighted by Gasteiger charge is 2.31. The van der Waals surface area contributed by atoms with E-state index >= 15 is 0 Å². The fourth-order valence-electron chi connectivity index (χ4n) is 2.49. The number of halogens is 3. The topological polar surface area (TPSA) is 95.1 Å². The Kier molecular flexibility index (Phi) is 5.21. The quantitative estimate of drug-likeness (QED) is 0.694. The summed E-state index contributed by atoms with van der Waals surface area (Å²) < 4.78 is 45.1. The van der Waals surface area contributed by atoms with E-state index in [-0.39, 0.29) is 17.2 Å². The molecular formula is C18H16F3N5O2. The highest BCUT2D eigenvalue weighted by Crippen LogP contribution is 2.31. The molecule has 1 aromatic heterocycles. The van der Waals surface area contributed by atoms with Crippen LogP contribution in [0.4, 0.5) is 24.7 Å². The Morgan fingerprint density at radius 3 is 2.68 bits per heavy atom. The van der Waals surface area contributed by atoms with Gasteiger partial charge in [-0.2, -0.15) is 17.9 Å². The lowest BCUT2D eigenvalue weighted by molar-refractivity contribution is -0.137. The first-order chi connectivity index (χ1) is 13.3. The number of carbonyl (C=O) groups excluding carboxylic acids is 1. The number of amides is 1. The standard InChI is InChI=1S/C18H16F3N5O2/c1-2-28-14-9-4-3-8-13(14)23-17(27)15-16(22)26(25-24-15)12-7-5-6-11(10-12)18(19,20)21/h3-10H,2,22H2,1H3,(H,23,27). The summed E-state index contributed by atoms with van der Waals surface area (Å²) in [7, 11) is 0. The fraction of sp³-hybridized carbons (Fsp3) is 0.167. The Morgan fingerprint density at radius 1 is 1.21 bits per heavy atom. The lowest BCUT2D eigenvalue weighted by atomic mass is 10.2. The van der Waals surface area contributed by atoms with Crippen LogP contribution in [0.15, 0.2) is 48.5 Å². The van der Waals surface area contributed by atoms with Crippen LogP contribution in [0.1, 0.15) is 23.0 Å². The molecule has 0 aliphatic heterocycles. The number of alkyl halides is 3. The summed E-state index contributed by atoms with van der Waals surface area (Å²) in [5, 5.41) is 10.0. The number of para-hydroxylation sites is 2. The van der Waals surface area contributed by atoms with Crippen molar-refractivity contribution in [3.8, 4) is 11.4 Å². The minimum Gasteiger partial charge on any atom is -0.492 e. The first kappa shape index (κ1) is 19.2. The summed E-state index contributed by atoms with van der Waals surface area (Å²) in [5.74, 6) is -0.393. The van der Waals surface area contributed by atoms with Gasteiger partial charge in [0.2, 0.25) is 0 Å². The fourth-order valence-corrected chi connectivity index (χ4v) is 2.49. The van der Waals surface area contributed by atoms with E-state index in [4.69, 9.17) is 10.5 Å². The molecule has 10 heteroatoms. The van der Waals surface area contributed by atoms with E-state index in [2.05, 4.69) is 15.6 Å². The van der Waals surface area contributed by atoms with E-state index < -0.39 is 17.6 Å². The van der Waals surface area contributed by atoms with Gasteiger partial charge in [-0.05, 0) is 37.3 Å². The second kappa shape index (κ2) is 7.59. The average Bonchev–Trinajstić information content (AvgIpc) is 3.04. The predicted molar refractivity (Wildman–Crippen MR) is 96.3 cm³/mol. The normalized spacial score (nSPS) is 11.3. The lowest BCUT2D eigenvalue weighted by Crippen LogP contribution is -2.16. The number of aromatic nitrogens is 3. The third-order valence-electron chi connectivity index (χ3n) is 3.77. The number of hydrogen-bond acceptors (Lipinski definition) is 5. The number of rotatable bonds is 5. The lowest BCUT2D eigenvalue weighted by Gasteiger charge is -2.11. The molecule has 0 unspecified atom stereocenters. The molecule has 7 nitrogen and oxygen atoms in total. The van der Waals surface area contributed by atoms with Gasteiger partial charge in [0, 0.05) is 0 Å². The zero-order valence-corrected chi connectivity index (χ0v) is 14.7. The minimum absolute atomic E-state index is 0.0357. The van der Waals surface area contributed by atoms with Gasteiger partial charge >= 0.3 is 6.18 Å². The van der Waals surface area contributed by atoms with Gasteiger partial charge in [0.25, 0.3) is 5.91 Å². The van der Waals surface area contributed by atoms with Crippen LogP contribution < -0.4 is 15.8 Å². The molecule has 0 saturated carbocycles. The van der Waals surface area contributed by atoms with Gasteiger partial charge in [0.15, 0.2) is 11.5 Å². The highest BCUT2D eigenvalue weighted by atomic mass is 19.4. The van der Waals surface area contributed by atoms with E-state index in [1.165, 1.54) is 12.1 Å². The zero-order valence-electron chi connectivity index (χ0n) is 14.7. The van der Waals surface area contributed by atoms with Gasteiger partial charge in [-0.3, -0.25) is 4.79 Å². The van der Waals surface area contributed by atoms with Crippen molar-refractivity contribution in [2.24, 2.45) is 0 Å². The monoisotopic (exact) mass is 391 g/mol. The molecule has 1 amide bonds. The third-order valence-corrected chi connectivity index (χ3v) is 3.77. The van der Waals surface area contributed by atoms with Gasteiger partial charge in [-0.15, -0.1) is 5.10 Å². The Labute approximate surface area is 157 Å². The second-order valence-electron chi connectivity index (χ2n) is 5.67. The van der Waals surface area contributed by atoms with Crippen LogP contribution in [0.3, 0.4) is 0 Å². The Morgan fingerprint density at radius 2 is 1.96 bits per heavy atom. The summed E-state index contributed by atoms with van der Waals surface area (Å²) >= 11 is 0. The average molecular weight is 391 g/mol. The van der Waals surface area contributed by atoms with Crippen molar-refractivity contribution in [2.45, 2.75) is 13.1 Å². The maximum Gasteiger partial charge on any atom is 0.416 e. The van der Waals surface area contributed by atoms with Crippen LogP contribution in [0, 0.1) is 0 Å². The maximum absolute atomic E-state index is 12.9. The molecule has 0 aliphatic rings. The molecule has 0 saturated heterocycles. The van der Waals surface area contributed by atoms with Crippen LogP contribution in [-0.2, 0) is 6.18 Å². The summed E-state index contributed by atoms with van der Waals surface area (Å²) in [6.07, 6.45) is -4.52. The molecule has 0 fully saturated rings. The van der Waals surface area contributed by atoms with Crippen molar-refractivity contribution >= 4 is 17.4 Å². The molecule has 146 valence electrons. The molecule has 0 bridgehead atoms. The van der Waals surface area contributed by atoms with E-state index in [0.29, 0.717) is 18.0 Å². The largest absolute Gasteiger partial charge is 0.492 e. The van der Waals surface area contributed by atoms with E-state index in [9.17, 15) is 18.0 Å². The number of benzene rings is 2. The van der Waals surface area contributed by atoms with Crippen LogP contribution >= 0.6 is 0 Å². The van der Waals surface area contributed by atoms with Crippen molar-refractivity contribution in [3.63, 3.8) is 0 Å². The summed E-state index contributed by atoms with van der Waals surface area (Å²) in [6, 6.07) is 11.2. The predicted octanol–water partition coefficient (Wildman–Crippen LogP) is 3.52. The van der Waals surface area contributed by atoms with E-state index in [1.807, 2.05) is 0 Å². The maximum atomic E-state index is 12.9. The molecule has 0 radical (unpaired) electrons. The molecule has 0 spiro atoms. The highest BCUT2D eigenvalue weighted by molar-refractivity contribution is 6.06. The van der Waals surface area contributed by atoms with Gasteiger partial charge in [-0.1, -0.05) is 23.4 Å². The first-order valence-electron chi connectivity index (χ1n) is 8.23. The minimum atomic E-state index is -4.52. The molecule has 0 aliphatic carbocycles. The molecule has 0 atom stereocenters. The number of nitrogens with one attached hydrogen (secondary N) is 1. The van der Waals surface area contributed by atoms with Gasteiger partial charge in [0.1, 0.15) is 5.75 Å². The summed E-state index contributed by atoms with van der Waals surface area (Å²) in [4.78, 5) is 12.5. The Bertz CT molecular complexity index is 1000. The molecule has 3 rings (SSSR count). The Hall–Kier alpha value is -3.56. The van der Waals surface area contributed by atoms with Crippen LogP contribution in [-0.4, -0.2) is 27.5 Å². The first-order valence-corrected chi connectivity index (χ1v) is 8.23.